The molecule has 3 aliphatic heterocycles. The normalized spacial score (nSPS) is 24.5. The van der Waals surface area contributed by atoms with Crippen molar-refractivity contribution >= 4 is 34.7 Å². The maximum atomic E-state index is 14.9. The number of nitrogens with one attached hydrogen (secondary N) is 1. The number of ether oxygens (including phenoxy) is 2. The van der Waals surface area contributed by atoms with Crippen molar-refractivity contribution in [3.8, 4) is 0 Å². The Kier molecular flexibility index (Phi) is 11.2. The molecule has 1 aromatic heterocycles. The van der Waals surface area contributed by atoms with Gasteiger partial charge in [0, 0.05) is 13.0 Å². The minimum absolute atomic E-state index is 0.0325. The number of carbonyl (C=O) groups excluding carboxylic acids is 4. The molecule has 7 atom stereocenters. The van der Waals surface area contributed by atoms with Crippen LogP contribution in [0.1, 0.15) is 57.6 Å². The fourth-order valence-corrected chi connectivity index (χ4v) is 8.22. The minimum atomic E-state index is -1.32. The highest BCUT2D eigenvalue weighted by Gasteiger charge is 2.75. The second-order valence-electron chi connectivity index (χ2n) is 14.3. The maximum absolute atomic E-state index is 14.9. The van der Waals surface area contributed by atoms with Crippen molar-refractivity contribution in [2.75, 3.05) is 19.7 Å². The number of esters is 1. The number of allylic oxidation sites excluding steroid dienone is 1. The lowest BCUT2D eigenvalue weighted by molar-refractivity contribution is -0.161. The number of aliphatic hydroxyl groups excluding tert-OH is 1. The number of aliphatic hydroxyl groups is 1. The first-order valence-corrected chi connectivity index (χ1v) is 18.0. The van der Waals surface area contributed by atoms with Crippen molar-refractivity contribution in [1.29, 1.82) is 0 Å². The van der Waals surface area contributed by atoms with Crippen molar-refractivity contribution < 1.29 is 33.8 Å². The summed E-state index contributed by atoms with van der Waals surface area (Å²) in [5, 5.41) is 22.1. The Labute approximate surface area is 303 Å². The third-order valence-electron chi connectivity index (χ3n) is 10.5. The molecule has 3 saturated heterocycles. The first-order chi connectivity index (χ1) is 25.1. The van der Waals surface area contributed by atoms with Gasteiger partial charge < -0.3 is 29.7 Å². The van der Waals surface area contributed by atoms with Gasteiger partial charge in [-0.2, -0.15) is 0 Å². The first kappa shape index (κ1) is 36.9. The van der Waals surface area contributed by atoms with Gasteiger partial charge in [0.2, 0.25) is 17.7 Å². The van der Waals surface area contributed by atoms with E-state index in [2.05, 4.69) is 28.8 Å². The van der Waals surface area contributed by atoms with Gasteiger partial charge in [0.1, 0.15) is 29.9 Å². The van der Waals surface area contributed by atoms with Crippen LogP contribution >= 0.6 is 0 Å². The summed E-state index contributed by atoms with van der Waals surface area (Å²) < 4.78 is 14.5. The monoisotopic (exact) mass is 712 g/mol. The molecule has 13 nitrogen and oxygen atoms in total. The number of hydrogen-bond acceptors (Lipinski definition) is 9. The van der Waals surface area contributed by atoms with E-state index in [9.17, 15) is 24.3 Å². The highest BCUT2D eigenvalue weighted by molar-refractivity contribution is 5.98. The average molecular weight is 713 g/mol. The number of rotatable bonds is 17. The summed E-state index contributed by atoms with van der Waals surface area (Å²) >= 11 is 0. The molecule has 3 fully saturated rings. The van der Waals surface area contributed by atoms with Crippen molar-refractivity contribution in [2.24, 2.45) is 17.8 Å². The molecule has 3 amide bonds. The third-order valence-corrected chi connectivity index (χ3v) is 10.5. The molecule has 3 aliphatic rings. The molecule has 276 valence electrons. The van der Waals surface area contributed by atoms with E-state index in [-0.39, 0.29) is 44.6 Å². The van der Waals surface area contributed by atoms with E-state index in [1.165, 1.54) is 4.90 Å². The number of aromatic nitrogens is 3. The second kappa shape index (κ2) is 15.8. The predicted molar refractivity (Wildman–Crippen MR) is 192 cm³/mol. The van der Waals surface area contributed by atoms with Gasteiger partial charge in [-0.15, -0.1) is 18.3 Å². The van der Waals surface area contributed by atoms with E-state index in [4.69, 9.17) is 9.47 Å². The highest BCUT2D eigenvalue weighted by Crippen LogP contribution is 2.59. The van der Waals surface area contributed by atoms with Gasteiger partial charge in [-0.3, -0.25) is 19.2 Å². The van der Waals surface area contributed by atoms with Crippen LogP contribution < -0.4 is 5.32 Å². The van der Waals surface area contributed by atoms with Gasteiger partial charge >= 0.3 is 5.97 Å². The summed E-state index contributed by atoms with van der Waals surface area (Å²) in [5.74, 6) is -3.55. The smallest absolute Gasteiger partial charge is 0.313 e. The fourth-order valence-electron chi connectivity index (χ4n) is 8.22. The molecule has 0 unspecified atom stereocenters. The van der Waals surface area contributed by atoms with Gasteiger partial charge in [0.05, 0.1) is 42.6 Å². The van der Waals surface area contributed by atoms with E-state index in [0.717, 1.165) is 5.52 Å². The van der Waals surface area contributed by atoms with Crippen molar-refractivity contribution in [3.63, 3.8) is 0 Å². The number of likely N-dealkylation sites (tertiary alicyclic amines) is 1. The largest absolute Gasteiger partial charge is 0.455 e. The lowest BCUT2D eigenvalue weighted by Crippen LogP contribution is -2.59. The molecule has 0 radical (unpaired) electrons. The van der Waals surface area contributed by atoms with Crippen LogP contribution in [-0.2, 0) is 35.3 Å². The van der Waals surface area contributed by atoms with Crippen LogP contribution in [0.15, 0.2) is 79.9 Å². The molecule has 13 heteroatoms. The third kappa shape index (κ3) is 6.99. The minimum Gasteiger partial charge on any atom is -0.455 e. The van der Waals surface area contributed by atoms with Crippen LogP contribution in [0, 0.1) is 17.8 Å². The number of benzene rings is 2. The fraction of sp³-hybridized carbons (Fsp3) is 0.487. The zero-order chi connectivity index (χ0) is 37.0. The van der Waals surface area contributed by atoms with Gasteiger partial charge in [-0.1, -0.05) is 73.7 Å². The summed E-state index contributed by atoms with van der Waals surface area (Å²) in [6, 6.07) is 14.7. The first-order valence-electron chi connectivity index (χ1n) is 18.0. The summed E-state index contributed by atoms with van der Waals surface area (Å²) in [7, 11) is 0. The van der Waals surface area contributed by atoms with Gasteiger partial charge in [-0.05, 0) is 49.3 Å². The molecule has 0 aliphatic carbocycles. The zero-order valence-corrected chi connectivity index (χ0v) is 29.8. The van der Waals surface area contributed by atoms with Crippen LogP contribution in [0.2, 0.25) is 0 Å². The summed E-state index contributed by atoms with van der Waals surface area (Å²) in [6.45, 7) is 11.4. The highest BCUT2D eigenvalue weighted by atomic mass is 16.6. The molecule has 0 saturated carbocycles. The van der Waals surface area contributed by atoms with E-state index >= 15 is 0 Å². The lowest BCUT2D eigenvalue weighted by atomic mass is 9.70. The Morgan fingerprint density at radius 1 is 1.13 bits per heavy atom. The lowest BCUT2D eigenvalue weighted by Gasteiger charge is -2.39. The molecule has 1 spiro atoms. The van der Waals surface area contributed by atoms with Gasteiger partial charge in [0.15, 0.2) is 0 Å². The quantitative estimate of drug-likeness (QED) is 0.158. The molecule has 2 aromatic carbocycles. The molecular formula is C39H48N6O7. The molecule has 4 heterocycles. The second-order valence-corrected chi connectivity index (χ2v) is 14.3. The van der Waals surface area contributed by atoms with Crippen molar-refractivity contribution in [3.05, 3.63) is 85.5 Å². The molecular weight excluding hydrogens is 664 g/mol. The summed E-state index contributed by atoms with van der Waals surface area (Å²) in [6.07, 6.45) is 3.81. The predicted octanol–water partition coefficient (Wildman–Crippen LogP) is 3.55. The Bertz CT molecular complexity index is 1800. The standard InChI is InChI=1S/C39H48N6O7/c1-5-7-17-32(47)40-22-31(26-13-9-8-10-14-26)51-38(50)33-30-18-19-39(52-30)34(33)36(48)45(27(23-46)21-25(3)4)35(39)37(49)43(20-6-2)24-44-29-16-12-11-15-28(29)41-42-44/h5-6,8-16,25,27,30-31,33-35,46H,1-2,7,17-24H2,3-4H3,(H,40,47)/t27-,30+,31-,33-,34-,35+,39-/m1/s1. The van der Waals surface area contributed by atoms with Crippen molar-refractivity contribution in [2.45, 2.75) is 82.5 Å². The molecule has 6 rings (SSSR count). The SMILES string of the molecule is C=CCCC(=O)NC[C@@H](OC(=O)[C@@H]1[C@@H]2CC[C@]3(O2)[C@H](C(=O)N(CC=C)Cn2nnc4ccccc42)N([C@@H](CO)CC(C)C)C(=O)[C@@H]13)c1ccccc1. The molecule has 2 bridgehead atoms. The number of amides is 3. The van der Waals surface area contributed by atoms with Crippen molar-refractivity contribution in [1.82, 2.24) is 30.1 Å². The maximum Gasteiger partial charge on any atom is 0.313 e. The summed E-state index contributed by atoms with van der Waals surface area (Å²) in [4.78, 5) is 59.6. The van der Waals surface area contributed by atoms with Crippen LogP contribution in [0.5, 0.6) is 0 Å². The topological polar surface area (TPSA) is 156 Å². The number of para-hydroxylation sites is 1. The van der Waals surface area contributed by atoms with Crippen LogP contribution in [0.4, 0.5) is 0 Å². The Morgan fingerprint density at radius 2 is 1.88 bits per heavy atom. The summed E-state index contributed by atoms with van der Waals surface area (Å²) in [5.41, 5.74) is 0.770. The van der Waals surface area contributed by atoms with Gasteiger partial charge in [-0.25, -0.2) is 4.68 Å². The molecule has 2 N–H and O–H groups in total. The van der Waals surface area contributed by atoms with Crippen LogP contribution in [0.3, 0.4) is 0 Å². The number of hydrogen-bond donors (Lipinski definition) is 2. The van der Waals surface area contributed by atoms with E-state index < -0.39 is 59.5 Å². The van der Waals surface area contributed by atoms with E-state index in [0.29, 0.717) is 36.8 Å². The zero-order valence-electron chi connectivity index (χ0n) is 29.8. The Balaban J connectivity index is 1.33. The van der Waals surface area contributed by atoms with E-state index in [1.54, 1.807) is 21.7 Å². The van der Waals surface area contributed by atoms with E-state index in [1.807, 2.05) is 68.4 Å². The Morgan fingerprint density at radius 3 is 2.60 bits per heavy atom. The molecule has 3 aromatic rings. The Hall–Kier alpha value is -4.88. The van der Waals surface area contributed by atoms with Crippen LogP contribution in [-0.4, -0.2) is 97.1 Å². The molecule has 52 heavy (non-hydrogen) atoms. The average Bonchev–Trinajstić information content (AvgIpc) is 3.90. The number of carbonyl (C=O) groups is 4. The van der Waals surface area contributed by atoms with Crippen LogP contribution in [0.25, 0.3) is 11.0 Å². The number of nitrogens with zero attached hydrogens (tertiary/aromatic N) is 5. The van der Waals surface area contributed by atoms with Gasteiger partial charge in [0.25, 0.3) is 0 Å². The number of fused-ring (bicyclic) bond motifs is 2.